The number of thiophene rings is 1. The predicted octanol–water partition coefficient (Wildman–Crippen LogP) is 1.12. The predicted molar refractivity (Wildman–Crippen MR) is 96.8 cm³/mol. The molecule has 1 saturated heterocycles. The molecule has 134 valence electrons. The van der Waals surface area contributed by atoms with E-state index in [1.54, 1.807) is 32.2 Å². The first-order valence-electron chi connectivity index (χ1n) is 8.15. The Labute approximate surface area is 150 Å². The smallest absolute Gasteiger partial charge is 0.261 e. The molecule has 0 aliphatic carbocycles. The van der Waals surface area contributed by atoms with Gasteiger partial charge in [0.1, 0.15) is 9.71 Å². The number of amides is 2. The van der Waals surface area contributed by atoms with E-state index in [4.69, 9.17) is 4.74 Å². The molecule has 1 aliphatic heterocycles. The van der Waals surface area contributed by atoms with Crippen LogP contribution in [0.4, 0.5) is 0 Å². The Kier molecular flexibility index (Phi) is 5.31. The largest absolute Gasteiger partial charge is 0.371 e. The van der Waals surface area contributed by atoms with Crippen LogP contribution in [-0.2, 0) is 9.53 Å². The fourth-order valence-corrected chi connectivity index (χ4v) is 4.05. The highest BCUT2D eigenvalue weighted by Crippen LogP contribution is 2.37. The Bertz CT molecular complexity index is 789. The number of likely N-dealkylation sites (N-methyl/N-ethyl adjacent to an activating group) is 1. The molecule has 0 saturated carbocycles. The molecule has 0 aromatic carbocycles. The lowest BCUT2D eigenvalue weighted by molar-refractivity contribution is -0.132. The van der Waals surface area contributed by atoms with E-state index in [1.165, 1.54) is 11.3 Å². The van der Waals surface area contributed by atoms with Gasteiger partial charge in [-0.25, -0.2) is 4.98 Å². The van der Waals surface area contributed by atoms with Gasteiger partial charge in [0.25, 0.3) is 5.91 Å². The van der Waals surface area contributed by atoms with Gasteiger partial charge in [0, 0.05) is 51.4 Å². The second-order valence-corrected chi connectivity index (χ2v) is 7.16. The molecule has 1 N–H and O–H groups in total. The molecular formula is C17H22N4O3S. The van der Waals surface area contributed by atoms with Gasteiger partial charge < -0.3 is 15.0 Å². The van der Waals surface area contributed by atoms with Gasteiger partial charge in [-0.15, -0.1) is 11.3 Å². The van der Waals surface area contributed by atoms with Gasteiger partial charge in [0.15, 0.2) is 0 Å². The van der Waals surface area contributed by atoms with Crippen molar-refractivity contribution in [2.75, 3.05) is 47.4 Å². The van der Waals surface area contributed by atoms with Crippen LogP contribution in [0.2, 0.25) is 0 Å². The SMILES string of the molecule is CNC(=O)c1sc2ncccc2c1[C@@H]1CN(CC(=O)N(C)C)CCO1. The van der Waals surface area contributed by atoms with Crippen molar-refractivity contribution in [2.24, 2.45) is 0 Å². The second-order valence-electron chi connectivity index (χ2n) is 6.16. The molecule has 2 aromatic heterocycles. The summed E-state index contributed by atoms with van der Waals surface area (Å²) in [6.45, 7) is 2.15. The highest BCUT2D eigenvalue weighted by Gasteiger charge is 2.30. The number of hydrogen-bond acceptors (Lipinski definition) is 6. The first-order valence-corrected chi connectivity index (χ1v) is 8.96. The van der Waals surface area contributed by atoms with Gasteiger partial charge in [-0.1, -0.05) is 6.07 Å². The van der Waals surface area contributed by atoms with Crippen LogP contribution in [0.3, 0.4) is 0 Å². The van der Waals surface area contributed by atoms with Crippen molar-refractivity contribution < 1.29 is 14.3 Å². The number of nitrogens with one attached hydrogen (secondary N) is 1. The summed E-state index contributed by atoms with van der Waals surface area (Å²) in [5, 5.41) is 3.64. The number of hydrogen-bond donors (Lipinski definition) is 1. The Hall–Kier alpha value is -2.03. The van der Waals surface area contributed by atoms with Crippen molar-refractivity contribution in [2.45, 2.75) is 6.10 Å². The summed E-state index contributed by atoms with van der Waals surface area (Å²) in [6, 6.07) is 3.83. The van der Waals surface area contributed by atoms with Crippen molar-refractivity contribution >= 4 is 33.4 Å². The fourth-order valence-electron chi connectivity index (χ4n) is 2.91. The summed E-state index contributed by atoms with van der Waals surface area (Å²) in [5.74, 6) is -0.0768. The number of nitrogens with zero attached hydrogens (tertiary/aromatic N) is 3. The van der Waals surface area contributed by atoms with Crippen LogP contribution in [-0.4, -0.2) is 74.0 Å². The normalized spacial score (nSPS) is 18.3. The number of aromatic nitrogens is 1. The van der Waals surface area contributed by atoms with E-state index in [0.29, 0.717) is 31.1 Å². The molecule has 1 aliphatic rings. The van der Waals surface area contributed by atoms with Crippen LogP contribution in [0.5, 0.6) is 0 Å². The first kappa shape index (κ1) is 17.8. The molecule has 8 heteroatoms. The highest BCUT2D eigenvalue weighted by atomic mass is 32.1. The average Bonchev–Trinajstić information content (AvgIpc) is 3.00. The number of carbonyl (C=O) groups is 2. The number of ether oxygens (including phenoxy) is 1. The van der Waals surface area contributed by atoms with Crippen LogP contribution in [0.15, 0.2) is 18.3 Å². The third-order valence-electron chi connectivity index (χ3n) is 4.27. The van der Waals surface area contributed by atoms with Crippen LogP contribution in [0.25, 0.3) is 10.2 Å². The zero-order chi connectivity index (χ0) is 18.0. The zero-order valence-corrected chi connectivity index (χ0v) is 15.4. The quantitative estimate of drug-likeness (QED) is 0.882. The Morgan fingerprint density at radius 2 is 2.28 bits per heavy atom. The highest BCUT2D eigenvalue weighted by molar-refractivity contribution is 7.20. The van der Waals surface area contributed by atoms with Crippen LogP contribution in [0.1, 0.15) is 21.3 Å². The minimum atomic E-state index is -0.256. The summed E-state index contributed by atoms with van der Waals surface area (Å²) in [6.07, 6.45) is 1.47. The monoisotopic (exact) mass is 362 g/mol. The molecule has 2 aromatic rings. The van der Waals surface area contributed by atoms with E-state index in [9.17, 15) is 9.59 Å². The van der Waals surface area contributed by atoms with E-state index < -0.39 is 0 Å². The van der Waals surface area contributed by atoms with Crippen molar-refractivity contribution in [1.29, 1.82) is 0 Å². The summed E-state index contributed by atoms with van der Waals surface area (Å²) in [5.41, 5.74) is 0.870. The number of rotatable bonds is 4. The fraction of sp³-hybridized carbons (Fsp3) is 0.471. The molecule has 0 bridgehead atoms. The zero-order valence-electron chi connectivity index (χ0n) is 14.6. The Morgan fingerprint density at radius 3 is 3.00 bits per heavy atom. The van der Waals surface area contributed by atoms with Gasteiger partial charge in [0.05, 0.1) is 19.3 Å². The Morgan fingerprint density at radius 1 is 1.48 bits per heavy atom. The number of pyridine rings is 1. The van der Waals surface area contributed by atoms with Crippen molar-refractivity contribution in [3.05, 3.63) is 28.8 Å². The lowest BCUT2D eigenvalue weighted by Crippen LogP contribution is -2.44. The Balaban J connectivity index is 1.92. The minimum absolute atomic E-state index is 0.0593. The van der Waals surface area contributed by atoms with Gasteiger partial charge >= 0.3 is 0 Å². The van der Waals surface area contributed by atoms with Crippen LogP contribution < -0.4 is 5.32 Å². The molecule has 0 radical (unpaired) electrons. The van der Waals surface area contributed by atoms with Gasteiger partial charge in [-0.05, 0) is 6.07 Å². The molecule has 2 amide bonds. The number of morpholine rings is 1. The minimum Gasteiger partial charge on any atom is -0.371 e. The molecule has 7 nitrogen and oxygen atoms in total. The summed E-state index contributed by atoms with van der Waals surface area (Å²) in [4.78, 5) is 33.8. The summed E-state index contributed by atoms with van der Waals surface area (Å²) < 4.78 is 5.97. The van der Waals surface area contributed by atoms with E-state index >= 15 is 0 Å². The second kappa shape index (κ2) is 7.47. The lowest BCUT2D eigenvalue weighted by Gasteiger charge is -2.33. The third-order valence-corrected chi connectivity index (χ3v) is 5.40. The maximum absolute atomic E-state index is 12.3. The number of fused-ring (bicyclic) bond motifs is 1. The van der Waals surface area contributed by atoms with E-state index in [1.807, 2.05) is 12.1 Å². The maximum atomic E-state index is 12.3. The molecule has 0 spiro atoms. The standard InChI is InChI=1S/C17H22N4O3S/c1-18-16(23)15-14(11-5-4-6-19-17(11)25-15)12-9-21(7-8-24-12)10-13(22)20(2)3/h4-6,12H,7-10H2,1-3H3,(H,18,23)/t12-/m0/s1. The maximum Gasteiger partial charge on any atom is 0.261 e. The van der Waals surface area contributed by atoms with E-state index in [-0.39, 0.29) is 17.9 Å². The van der Waals surface area contributed by atoms with Gasteiger partial charge in [0.2, 0.25) is 5.91 Å². The summed E-state index contributed by atoms with van der Waals surface area (Å²) >= 11 is 1.37. The third kappa shape index (κ3) is 3.65. The average molecular weight is 362 g/mol. The van der Waals surface area contributed by atoms with Crippen LogP contribution >= 0.6 is 11.3 Å². The van der Waals surface area contributed by atoms with Gasteiger partial charge in [-0.2, -0.15) is 0 Å². The lowest BCUT2D eigenvalue weighted by atomic mass is 10.0. The van der Waals surface area contributed by atoms with Crippen LogP contribution in [0, 0.1) is 0 Å². The summed E-state index contributed by atoms with van der Waals surface area (Å²) in [7, 11) is 5.12. The molecule has 0 unspecified atom stereocenters. The topological polar surface area (TPSA) is 74.8 Å². The van der Waals surface area contributed by atoms with Crippen molar-refractivity contribution in [3.8, 4) is 0 Å². The van der Waals surface area contributed by atoms with Crippen molar-refractivity contribution in [3.63, 3.8) is 0 Å². The first-order chi connectivity index (χ1) is 12.0. The molecule has 25 heavy (non-hydrogen) atoms. The van der Waals surface area contributed by atoms with Crippen molar-refractivity contribution in [1.82, 2.24) is 20.1 Å². The molecule has 1 fully saturated rings. The number of carbonyl (C=O) groups excluding carboxylic acids is 2. The molecule has 3 rings (SSSR count). The van der Waals surface area contributed by atoms with Gasteiger partial charge in [-0.3, -0.25) is 14.5 Å². The van der Waals surface area contributed by atoms with E-state index in [2.05, 4.69) is 15.2 Å². The molecular weight excluding hydrogens is 340 g/mol. The molecule has 3 heterocycles. The van der Waals surface area contributed by atoms with E-state index in [0.717, 1.165) is 15.8 Å². The molecule has 1 atom stereocenters.